The topological polar surface area (TPSA) is 142 Å². The molecule has 4 rings (SSSR count). The van der Waals surface area contributed by atoms with Crippen molar-refractivity contribution in [3.8, 4) is 0 Å². The van der Waals surface area contributed by atoms with Crippen LogP contribution in [0.15, 0.2) is 84.9 Å². The number of carbonyl (C=O) groups is 4. The maximum Gasteiger partial charge on any atom is 0.408 e. The zero-order valence-electron chi connectivity index (χ0n) is 22.7. The van der Waals surface area contributed by atoms with E-state index in [1.165, 1.54) is 0 Å². The molecule has 0 spiro atoms. The number of carbonyl (C=O) groups excluding carboxylic acids is 4. The minimum Gasteiger partial charge on any atom is -0.461 e. The summed E-state index contributed by atoms with van der Waals surface area (Å²) in [6.45, 7) is 3.49. The Bertz CT molecular complexity index is 1490. The second-order valence-electron chi connectivity index (χ2n) is 9.67. The summed E-state index contributed by atoms with van der Waals surface area (Å²) in [5.74, 6) is -2.42. The third kappa shape index (κ3) is 7.98. The number of fused-ring (bicyclic) bond motifs is 1. The summed E-state index contributed by atoms with van der Waals surface area (Å²) in [5, 5.41) is 13.1. The highest BCUT2D eigenvalue weighted by molar-refractivity contribution is 5.97. The molecule has 0 aliphatic rings. The molecular formula is C30H31N5O6. The highest BCUT2D eigenvalue weighted by atomic mass is 16.5. The molecule has 11 heteroatoms. The molecule has 2 atom stereocenters. The molecule has 0 radical (unpaired) electrons. The normalized spacial score (nSPS) is 12.4. The number of rotatable bonds is 11. The number of alkyl carbamates (subject to hydrolysis) is 1. The molecule has 2 N–H and O–H groups in total. The van der Waals surface area contributed by atoms with E-state index < -0.39 is 42.4 Å². The van der Waals surface area contributed by atoms with Crippen LogP contribution in [-0.2, 0) is 32.3 Å². The Morgan fingerprint density at radius 2 is 1.37 bits per heavy atom. The van der Waals surface area contributed by atoms with Crippen LogP contribution < -0.4 is 10.6 Å². The summed E-state index contributed by atoms with van der Waals surface area (Å²) in [4.78, 5) is 52.2. The van der Waals surface area contributed by atoms with Gasteiger partial charge in [-0.25, -0.2) is 4.79 Å². The lowest BCUT2D eigenvalue weighted by molar-refractivity contribution is -0.145. The number of benzene rings is 3. The number of para-hydroxylation sites is 1. The van der Waals surface area contributed by atoms with Crippen LogP contribution in [0.3, 0.4) is 0 Å². The molecule has 0 aliphatic heterocycles. The van der Waals surface area contributed by atoms with Gasteiger partial charge in [-0.2, -0.15) is 4.68 Å². The Labute approximate surface area is 236 Å². The first-order valence-corrected chi connectivity index (χ1v) is 13.1. The van der Waals surface area contributed by atoms with Gasteiger partial charge in [-0.3, -0.25) is 14.4 Å². The summed E-state index contributed by atoms with van der Waals surface area (Å²) >= 11 is 0. The van der Waals surface area contributed by atoms with Crippen LogP contribution >= 0.6 is 0 Å². The number of amides is 2. The summed E-state index contributed by atoms with van der Waals surface area (Å²) in [6, 6.07) is 22.6. The molecular weight excluding hydrogens is 526 g/mol. The van der Waals surface area contributed by atoms with Gasteiger partial charge in [-0.1, -0.05) is 91.9 Å². The van der Waals surface area contributed by atoms with E-state index in [4.69, 9.17) is 9.47 Å². The molecule has 0 saturated heterocycles. The minimum atomic E-state index is -1.35. The van der Waals surface area contributed by atoms with Crippen LogP contribution in [0, 0.1) is 5.92 Å². The fraction of sp³-hybridized carbons (Fsp3) is 0.267. The lowest BCUT2D eigenvalue weighted by Crippen LogP contribution is -2.55. The van der Waals surface area contributed by atoms with Crippen molar-refractivity contribution in [1.29, 1.82) is 0 Å². The molecule has 3 aromatic carbocycles. The third-order valence-corrected chi connectivity index (χ3v) is 6.22. The molecule has 2 unspecified atom stereocenters. The third-order valence-electron chi connectivity index (χ3n) is 6.22. The lowest BCUT2D eigenvalue weighted by Gasteiger charge is -2.24. The van der Waals surface area contributed by atoms with Crippen molar-refractivity contribution in [2.45, 2.75) is 45.6 Å². The number of nitrogens with zero attached hydrogens (tertiary/aromatic N) is 3. The predicted octanol–water partition coefficient (Wildman–Crippen LogP) is 3.64. The van der Waals surface area contributed by atoms with Crippen LogP contribution in [-0.4, -0.2) is 51.0 Å². The molecule has 0 bridgehead atoms. The molecule has 0 aliphatic carbocycles. The van der Waals surface area contributed by atoms with Gasteiger partial charge in [0.25, 0.3) is 5.91 Å². The van der Waals surface area contributed by atoms with Gasteiger partial charge in [0.15, 0.2) is 0 Å². The first-order chi connectivity index (χ1) is 19.8. The molecule has 1 aromatic heterocycles. The minimum absolute atomic E-state index is 0.00418. The second-order valence-corrected chi connectivity index (χ2v) is 9.67. The van der Waals surface area contributed by atoms with Crippen molar-refractivity contribution in [2.24, 2.45) is 5.92 Å². The molecule has 0 saturated carbocycles. The number of ether oxygens (including phenoxy) is 2. The highest BCUT2D eigenvalue weighted by Gasteiger charge is 2.32. The standard InChI is InChI=1S/C30H31N5O6/c1-20(2)27(32-30(39)41-19-22-13-7-4-8-14-22)28(37)31-24(17-26(36)40-18-21-11-5-3-6-12-21)29(38)35-25-16-10-9-15-23(25)33-34-35/h3-16,20,24,27H,17-19H2,1-2H3,(H,31,37)(H,32,39). The van der Waals surface area contributed by atoms with E-state index in [0.29, 0.717) is 11.0 Å². The smallest absolute Gasteiger partial charge is 0.408 e. The SMILES string of the molecule is CC(C)C(NC(=O)OCc1ccccc1)C(=O)NC(CC(=O)OCc1ccccc1)C(=O)n1nnc2ccccc21. The Hall–Kier alpha value is -5.06. The van der Waals surface area contributed by atoms with Crippen molar-refractivity contribution < 1.29 is 28.7 Å². The lowest BCUT2D eigenvalue weighted by atomic mass is 10.0. The van der Waals surface area contributed by atoms with E-state index in [2.05, 4.69) is 20.9 Å². The van der Waals surface area contributed by atoms with Gasteiger partial charge in [0.1, 0.15) is 30.8 Å². The molecule has 2 amide bonds. The largest absolute Gasteiger partial charge is 0.461 e. The molecule has 1 heterocycles. The monoisotopic (exact) mass is 557 g/mol. The average Bonchev–Trinajstić information content (AvgIpc) is 3.42. The number of nitrogens with one attached hydrogen (secondary N) is 2. The molecule has 0 fully saturated rings. The molecule has 212 valence electrons. The van der Waals surface area contributed by atoms with Gasteiger partial charge >= 0.3 is 12.1 Å². The highest BCUT2D eigenvalue weighted by Crippen LogP contribution is 2.13. The van der Waals surface area contributed by atoms with Gasteiger partial charge in [-0.05, 0) is 29.2 Å². The van der Waals surface area contributed by atoms with Gasteiger partial charge in [0.05, 0.1) is 11.9 Å². The number of aromatic nitrogens is 3. The Kier molecular flexibility index (Phi) is 9.76. The van der Waals surface area contributed by atoms with Gasteiger partial charge in [0, 0.05) is 0 Å². The van der Waals surface area contributed by atoms with Crippen LogP contribution in [0.2, 0.25) is 0 Å². The molecule has 41 heavy (non-hydrogen) atoms. The number of hydrogen-bond donors (Lipinski definition) is 2. The van der Waals surface area contributed by atoms with E-state index in [1.807, 2.05) is 36.4 Å². The second kappa shape index (κ2) is 13.8. The van der Waals surface area contributed by atoms with Crippen LogP contribution in [0.5, 0.6) is 0 Å². The summed E-state index contributed by atoms with van der Waals surface area (Å²) in [5.41, 5.74) is 2.44. The maximum absolute atomic E-state index is 13.6. The van der Waals surface area contributed by atoms with Crippen molar-refractivity contribution >= 4 is 34.9 Å². The van der Waals surface area contributed by atoms with Crippen molar-refractivity contribution in [2.75, 3.05) is 0 Å². The molecule has 11 nitrogen and oxygen atoms in total. The quantitative estimate of drug-likeness (QED) is 0.266. The van der Waals surface area contributed by atoms with E-state index in [-0.39, 0.29) is 19.1 Å². The van der Waals surface area contributed by atoms with Crippen molar-refractivity contribution in [3.05, 3.63) is 96.1 Å². The maximum atomic E-state index is 13.6. The van der Waals surface area contributed by atoms with Crippen LogP contribution in [0.1, 0.15) is 36.2 Å². The Balaban J connectivity index is 1.47. The van der Waals surface area contributed by atoms with Crippen LogP contribution in [0.25, 0.3) is 11.0 Å². The fourth-order valence-corrected chi connectivity index (χ4v) is 4.03. The zero-order chi connectivity index (χ0) is 29.2. The average molecular weight is 558 g/mol. The Morgan fingerprint density at radius 1 is 0.780 bits per heavy atom. The summed E-state index contributed by atoms with van der Waals surface area (Å²) in [6.07, 6.45) is -1.26. The number of hydrogen-bond acceptors (Lipinski definition) is 8. The van der Waals surface area contributed by atoms with Gasteiger partial charge in [-0.15, -0.1) is 5.10 Å². The van der Waals surface area contributed by atoms with E-state index in [9.17, 15) is 19.2 Å². The van der Waals surface area contributed by atoms with Crippen LogP contribution in [0.4, 0.5) is 4.79 Å². The summed E-state index contributed by atoms with van der Waals surface area (Å²) < 4.78 is 11.7. The van der Waals surface area contributed by atoms with E-state index in [0.717, 1.165) is 15.8 Å². The van der Waals surface area contributed by atoms with E-state index >= 15 is 0 Å². The first kappa shape index (κ1) is 28.9. The zero-order valence-corrected chi connectivity index (χ0v) is 22.7. The first-order valence-electron chi connectivity index (χ1n) is 13.1. The number of esters is 1. The van der Waals surface area contributed by atoms with Crippen molar-refractivity contribution in [3.63, 3.8) is 0 Å². The van der Waals surface area contributed by atoms with Gasteiger partial charge in [0.2, 0.25) is 5.91 Å². The molecule has 4 aromatic rings. The van der Waals surface area contributed by atoms with Gasteiger partial charge < -0.3 is 20.1 Å². The fourth-order valence-electron chi connectivity index (χ4n) is 4.03. The Morgan fingerprint density at radius 3 is 2.00 bits per heavy atom. The predicted molar refractivity (Wildman–Crippen MR) is 149 cm³/mol. The van der Waals surface area contributed by atoms with Crippen molar-refractivity contribution in [1.82, 2.24) is 25.6 Å². The van der Waals surface area contributed by atoms with E-state index in [1.54, 1.807) is 62.4 Å². The summed E-state index contributed by atoms with van der Waals surface area (Å²) in [7, 11) is 0.